The Morgan fingerprint density at radius 1 is 1.39 bits per heavy atom. The lowest BCUT2D eigenvalue weighted by Gasteiger charge is -2.30. The minimum Gasteiger partial charge on any atom is -0.475 e. The highest BCUT2D eigenvalue weighted by Crippen LogP contribution is 2.24. The maximum absolute atomic E-state index is 5.94. The van der Waals surface area contributed by atoms with Gasteiger partial charge in [-0.05, 0) is 44.5 Å². The van der Waals surface area contributed by atoms with Gasteiger partial charge in [0.25, 0.3) is 0 Å². The average molecular weight is 264 g/mol. The van der Waals surface area contributed by atoms with E-state index in [1.165, 1.54) is 0 Å². The van der Waals surface area contributed by atoms with E-state index >= 15 is 0 Å². The maximum atomic E-state index is 5.94. The second-order valence-electron chi connectivity index (χ2n) is 5.28. The smallest absolute Gasteiger partial charge is 0.209 e. The summed E-state index contributed by atoms with van der Waals surface area (Å²) in [7, 11) is 0. The van der Waals surface area contributed by atoms with Crippen LogP contribution in [0.2, 0.25) is 5.02 Å². The molecule has 2 rings (SSSR count). The molecule has 1 aliphatic heterocycles. The first-order valence-corrected chi connectivity index (χ1v) is 6.53. The molecule has 0 saturated heterocycles. The molecule has 18 heavy (non-hydrogen) atoms. The molecule has 0 radical (unpaired) electrons. The predicted octanol–water partition coefficient (Wildman–Crippen LogP) is 4.34. The normalized spacial score (nSPS) is 22.7. The molecule has 0 aliphatic carbocycles. The summed E-state index contributed by atoms with van der Waals surface area (Å²) in [5, 5.41) is 0.734. The zero-order valence-electron chi connectivity index (χ0n) is 11.0. The molecule has 0 bridgehead atoms. The summed E-state index contributed by atoms with van der Waals surface area (Å²) in [6, 6.07) is 7.70. The van der Waals surface area contributed by atoms with Crippen molar-refractivity contribution in [2.75, 3.05) is 0 Å². The summed E-state index contributed by atoms with van der Waals surface area (Å²) >= 11 is 5.94. The number of aliphatic imine (C=N–C) groups is 1. The minimum atomic E-state index is -0.0499. The molecule has 96 valence electrons. The summed E-state index contributed by atoms with van der Waals surface area (Å²) < 4.78 is 5.70. The molecule has 1 unspecified atom stereocenters. The number of nitrogens with zero attached hydrogens (tertiary/aromatic N) is 1. The number of rotatable bonds is 2. The highest BCUT2D eigenvalue weighted by atomic mass is 35.5. The van der Waals surface area contributed by atoms with E-state index in [1.54, 1.807) is 0 Å². The van der Waals surface area contributed by atoms with Crippen LogP contribution in [0, 0.1) is 0 Å². The largest absolute Gasteiger partial charge is 0.475 e. The number of ether oxygens (including phenoxy) is 1. The van der Waals surface area contributed by atoms with Crippen molar-refractivity contribution in [1.29, 1.82) is 0 Å². The summed E-state index contributed by atoms with van der Waals surface area (Å²) in [5.41, 5.74) is 0.996. The molecular weight excluding hydrogens is 246 g/mol. The van der Waals surface area contributed by atoms with Gasteiger partial charge in [-0.15, -0.1) is 0 Å². The summed E-state index contributed by atoms with van der Waals surface area (Å²) in [6.07, 6.45) is 5.03. The molecule has 0 spiro atoms. The van der Waals surface area contributed by atoms with E-state index in [0.29, 0.717) is 5.90 Å². The van der Waals surface area contributed by atoms with Crippen LogP contribution < -0.4 is 0 Å². The highest BCUT2D eigenvalue weighted by Gasteiger charge is 2.26. The molecule has 1 aliphatic rings. The van der Waals surface area contributed by atoms with Gasteiger partial charge in [0.2, 0.25) is 5.90 Å². The fourth-order valence-electron chi connectivity index (χ4n) is 2.18. The molecule has 2 nitrogen and oxygen atoms in total. The maximum Gasteiger partial charge on any atom is 0.209 e. The molecule has 1 aromatic rings. The van der Waals surface area contributed by atoms with Crippen LogP contribution in [-0.2, 0) is 4.74 Å². The van der Waals surface area contributed by atoms with Crippen molar-refractivity contribution in [3.63, 3.8) is 0 Å². The zero-order chi connectivity index (χ0) is 13.2. The van der Waals surface area contributed by atoms with Gasteiger partial charge in [-0.2, -0.15) is 0 Å². The van der Waals surface area contributed by atoms with E-state index < -0.39 is 0 Å². The van der Waals surface area contributed by atoms with Crippen LogP contribution in [0.1, 0.15) is 32.8 Å². The van der Waals surface area contributed by atoms with Crippen molar-refractivity contribution in [2.24, 2.45) is 4.99 Å². The van der Waals surface area contributed by atoms with Crippen molar-refractivity contribution in [2.45, 2.75) is 38.8 Å². The van der Waals surface area contributed by atoms with Crippen LogP contribution in [0.5, 0.6) is 0 Å². The quantitative estimate of drug-likeness (QED) is 0.778. The second kappa shape index (κ2) is 5.15. The fourth-order valence-corrected chi connectivity index (χ4v) is 2.37. The zero-order valence-corrected chi connectivity index (χ0v) is 11.7. The summed E-state index contributed by atoms with van der Waals surface area (Å²) in [5.74, 6) is 0.693. The van der Waals surface area contributed by atoms with E-state index in [1.807, 2.05) is 36.4 Å². The Bertz CT molecular complexity index is 491. The molecule has 0 N–H and O–H groups in total. The lowest BCUT2D eigenvalue weighted by molar-refractivity contribution is 0.147. The van der Waals surface area contributed by atoms with Gasteiger partial charge in [0.1, 0.15) is 0 Å². The molecule has 0 saturated carbocycles. The van der Waals surface area contributed by atoms with Crippen LogP contribution in [0.25, 0.3) is 6.08 Å². The van der Waals surface area contributed by atoms with Crippen molar-refractivity contribution in [1.82, 2.24) is 0 Å². The van der Waals surface area contributed by atoms with E-state index in [2.05, 4.69) is 25.8 Å². The molecule has 0 aromatic heterocycles. The van der Waals surface area contributed by atoms with Crippen LogP contribution >= 0.6 is 11.6 Å². The van der Waals surface area contributed by atoms with Gasteiger partial charge in [-0.25, -0.2) is 4.99 Å². The number of benzene rings is 1. The van der Waals surface area contributed by atoms with Crippen LogP contribution in [0.4, 0.5) is 0 Å². The predicted molar refractivity (Wildman–Crippen MR) is 77.2 cm³/mol. The van der Waals surface area contributed by atoms with E-state index in [-0.39, 0.29) is 11.6 Å². The Hall–Kier alpha value is -1.28. The first kappa shape index (κ1) is 13.2. The first-order chi connectivity index (χ1) is 8.44. The third kappa shape index (κ3) is 3.61. The van der Waals surface area contributed by atoms with Crippen LogP contribution in [0.3, 0.4) is 0 Å². The SMILES string of the molecule is CC1CC(C)(C)N=C(C=Cc2cccc(Cl)c2)O1. The highest BCUT2D eigenvalue weighted by molar-refractivity contribution is 6.30. The van der Waals surface area contributed by atoms with Gasteiger partial charge in [0.05, 0.1) is 11.6 Å². The third-order valence-electron chi connectivity index (χ3n) is 2.79. The fraction of sp³-hybridized carbons (Fsp3) is 0.400. The first-order valence-electron chi connectivity index (χ1n) is 6.15. The third-order valence-corrected chi connectivity index (χ3v) is 3.02. The van der Waals surface area contributed by atoms with Gasteiger partial charge in [0, 0.05) is 17.5 Å². The number of hydrogen-bond donors (Lipinski definition) is 0. The Labute approximate surface area is 113 Å². The lowest BCUT2D eigenvalue weighted by Crippen LogP contribution is -2.33. The lowest BCUT2D eigenvalue weighted by atomic mass is 9.97. The Morgan fingerprint density at radius 3 is 2.83 bits per heavy atom. The topological polar surface area (TPSA) is 21.6 Å². The monoisotopic (exact) mass is 263 g/mol. The van der Waals surface area contributed by atoms with Crippen molar-refractivity contribution < 1.29 is 4.74 Å². The van der Waals surface area contributed by atoms with Crippen molar-refractivity contribution in [3.05, 3.63) is 40.9 Å². The average Bonchev–Trinajstić information content (AvgIpc) is 2.24. The summed E-state index contributed by atoms with van der Waals surface area (Å²) in [6.45, 7) is 6.32. The Morgan fingerprint density at radius 2 is 2.17 bits per heavy atom. The van der Waals surface area contributed by atoms with E-state index in [9.17, 15) is 0 Å². The second-order valence-corrected chi connectivity index (χ2v) is 5.72. The van der Waals surface area contributed by atoms with Gasteiger partial charge < -0.3 is 4.74 Å². The molecule has 1 heterocycles. The van der Waals surface area contributed by atoms with Crippen LogP contribution in [0.15, 0.2) is 35.3 Å². The van der Waals surface area contributed by atoms with Crippen LogP contribution in [-0.4, -0.2) is 17.5 Å². The number of halogens is 1. The van der Waals surface area contributed by atoms with Crippen molar-refractivity contribution >= 4 is 23.6 Å². The minimum absolute atomic E-state index is 0.0499. The van der Waals surface area contributed by atoms with E-state index in [4.69, 9.17) is 16.3 Å². The molecule has 0 fully saturated rings. The van der Waals surface area contributed by atoms with Gasteiger partial charge >= 0.3 is 0 Å². The summed E-state index contributed by atoms with van der Waals surface area (Å²) in [4.78, 5) is 4.58. The van der Waals surface area contributed by atoms with Gasteiger partial charge in [-0.1, -0.05) is 23.7 Å². The van der Waals surface area contributed by atoms with Gasteiger partial charge in [0.15, 0.2) is 0 Å². The molecule has 3 heteroatoms. The van der Waals surface area contributed by atoms with E-state index in [0.717, 1.165) is 17.0 Å². The van der Waals surface area contributed by atoms with Gasteiger partial charge in [-0.3, -0.25) is 0 Å². The molecule has 1 aromatic carbocycles. The van der Waals surface area contributed by atoms with Crippen molar-refractivity contribution in [3.8, 4) is 0 Å². The Kier molecular flexibility index (Phi) is 3.76. The molecular formula is C15H18ClNO. The standard InChI is InChI=1S/C15H18ClNO/c1-11-10-15(2,3)17-14(18-11)8-7-12-5-4-6-13(16)9-12/h4-9,11H,10H2,1-3H3. The molecule has 0 amide bonds. The molecule has 1 atom stereocenters. The number of hydrogen-bond acceptors (Lipinski definition) is 2. The Balaban J connectivity index is 2.16.